The van der Waals surface area contributed by atoms with Gasteiger partial charge in [-0.15, -0.1) is 0 Å². The van der Waals surface area contributed by atoms with E-state index in [-0.39, 0.29) is 18.2 Å². The number of carbonyl (C=O) groups excluding carboxylic acids is 2. The number of aryl methyl sites for hydroxylation is 3. The lowest BCUT2D eigenvalue weighted by molar-refractivity contribution is -0.127. The highest BCUT2D eigenvalue weighted by Crippen LogP contribution is 2.32. The SMILES string of the molecule is COc1ccc(N(C)C(=O)[C@H](Cc2ccccc2)NC(=O)Cc2c(C)[nH]c3c(C)ccc(C)c23)cc1OC. The molecule has 0 unspecified atom stereocenters. The second-order valence-electron chi connectivity index (χ2n) is 9.60. The smallest absolute Gasteiger partial charge is 0.249 e. The van der Waals surface area contributed by atoms with Crippen LogP contribution in [0.15, 0.2) is 60.7 Å². The Bertz CT molecular complexity index is 1460. The number of hydrogen-bond acceptors (Lipinski definition) is 4. The Morgan fingerprint density at radius 1 is 0.921 bits per heavy atom. The van der Waals surface area contributed by atoms with Gasteiger partial charge in [-0.2, -0.15) is 0 Å². The fourth-order valence-corrected chi connectivity index (χ4v) is 4.88. The van der Waals surface area contributed by atoms with Crippen LogP contribution in [-0.4, -0.2) is 44.1 Å². The highest BCUT2D eigenvalue weighted by Gasteiger charge is 2.27. The van der Waals surface area contributed by atoms with E-state index in [0.717, 1.165) is 38.9 Å². The molecule has 0 saturated heterocycles. The monoisotopic (exact) mass is 513 g/mol. The summed E-state index contributed by atoms with van der Waals surface area (Å²) in [5.74, 6) is 0.668. The quantitative estimate of drug-likeness (QED) is 0.328. The molecule has 1 aromatic heterocycles. The molecule has 2 N–H and O–H groups in total. The maximum atomic E-state index is 13.8. The van der Waals surface area contributed by atoms with Crippen molar-refractivity contribution < 1.29 is 19.1 Å². The Balaban J connectivity index is 1.61. The topological polar surface area (TPSA) is 83.7 Å². The summed E-state index contributed by atoms with van der Waals surface area (Å²) >= 11 is 0. The molecule has 0 bridgehead atoms. The molecule has 0 aliphatic heterocycles. The van der Waals surface area contributed by atoms with Crippen LogP contribution in [0.25, 0.3) is 10.9 Å². The summed E-state index contributed by atoms with van der Waals surface area (Å²) in [5, 5.41) is 4.11. The van der Waals surface area contributed by atoms with Crippen molar-refractivity contribution in [1.29, 1.82) is 0 Å². The largest absolute Gasteiger partial charge is 0.493 e. The minimum Gasteiger partial charge on any atom is -0.493 e. The van der Waals surface area contributed by atoms with Crippen LogP contribution in [0, 0.1) is 20.8 Å². The molecular weight excluding hydrogens is 478 g/mol. The zero-order valence-corrected chi connectivity index (χ0v) is 22.8. The number of carbonyl (C=O) groups is 2. The number of aromatic nitrogens is 1. The van der Waals surface area contributed by atoms with Crippen LogP contribution in [0.4, 0.5) is 5.69 Å². The van der Waals surface area contributed by atoms with Gasteiger partial charge in [-0.3, -0.25) is 9.59 Å². The maximum Gasteiger partial charge on any atom is 0.249 e. The summed E-state index contributed by atoms with van der Waals surface area (Å²) in [5.41, 5.74) is 6.81. The number of fused-ring (bicyclic) bond motifs is 1. The zero-order chi connectivity index (χ0) is 27.4. The first kappa shape index (κ1) is 26.8. The number of amides is 2. The molecule has 1 atom stereocenters. The van der Waals surface area contributed by atoms with E-state index in [2.05, 4.69) is 36.3 Å². The Morgan fingerprint density at radius 2 is 1.61 bits per heavy atom. The molecule has 4 aromatic rings. The van der Waals surface area contributed by atoms with Crippen molar-refractivity contribution in [3.05, 3.63) is 88.6 Å². The third-order valence-corrected chi connectivity index (χ3v) is 7.03. The normalized spacial score (nSPS) is 11.7. The van der Waals surface area contributed by atoms with E-state index in [4.69, 9.17) is 9.47 Å². The first-order valence-electron chi connectivity index (χ1n) is 12.6. The van der Waals surface area contributed by atoms with Gasteiger partial charge in [-0.1, -0.05) is 42.5 Å². The number of ether oxygens (including phenoxy) is 2. The Hall–Kier alpha value is -4.26. The molecule has 0 saturated carbocycles. The van der Waals surface area contributed by atoms with E-state index in [9.17, 15) is 9.59 Å². The molecule has 0 spiro atoms. The number of methoxy groups -OCH3 is 2. The molecule has 0 aliphatic rings. The van der Waals surface area contributed by atoms with Gasteiger partial charge in [-0.05, 0) is 55.2 Å². The van der Waals surface area contributed by atoms with Crippen LogP contribution in [-0.2, 0) is 22.4 Å². The number of nitrogens with zero attached hydrogens (tertiary/aromatic N) is 1. The minimum atomic E-state index is -0.753. The van der Waals surface area contributed by atoms with Crippen molar-refractivity contribution in [3.63, 3.8) is 0 Å². The Kier molecular flexibility index (Phi) is 8.05. The van der Waals surface area contributed by atoms with Crippen LogP contribution in [0.5, 0.6) is 11.5 Å². The van der Waals surface area contributed by atoms with Gasteiger partial charge in [-0.25, -0.2) is 0 Å². The molecule has 2 amide bonds. The number of rotatable bonds is 9. The Morgan fingerprint density at radius 3 is 2.29 bits per heavy atom. The molecule has 4 rings (SSSR count). The number of likely N-dealkylation sites (N-methyl/N-ethyl adjacent to an activating group) is 1. The summed E-state index contributed by atoms with van der Waals surface area (Å²) < 4.78 is 10.7. The number of H-pyrrole nitrogens is 1. The average Bonchev–Trinajstić information content (AvgIpc) is 3.26. The van der Waals surface area contributed by atoms with Crippen molar-refractivity contribution in [2.24, 2.45) is 0 Å². The summed E-state index contributed by atoms with van der Waals surface area (Å²) in [7, 11) is 4.82. The number of aromatic amines is 1. The first-order valence-corrected chi connectivity index (χ1v) is 12.6. The van der Waals surface area contributed by atoms with Gasteiger partial charge in [0, 0.05) is 41.8 Å². The molecule has 1 heterocycles. The summed E-state index contributed by atoms with van der Waals surface area (Å²) in [6.07, 6.45) is 0.544. The molecule has 0 fully saturated rings. The predicted octanol–water partition coefficient (Wildman–Crippen LogP) is 5.04. The van der Waals surface area contributed by atoms with Crippen LogP contribution in [0.3, 0.4) is 0 Å². The van der Waals surface area contributed by atoms with Crippen LogP contribution in [0.1, 0.15) is 27.9 Å². The lowest BCUT2D eigenvalue weighted by Gasteiger charge is -2.25. The van der Waals surface area contributed by atoms with E-state index in [1.165, 1.54) is 0 Å². The number of hydrogen-bond donors (Lipinski definition) is 2. The van der Waals surface area contributed by atoms with Crippen molar-refractivity contribution in [1.82, 2.24) is 10.3 Å². The van der Waals surface area contributed by atoms with Gasteiger partial charge >= 0.3 is 0 Å². The molecular formula is C31H35N3O4. The maximum absolute atomic E-state index is 13.8. The van der Waals surface area contributed by atoms with Crippen LogP contribution in [0.2, 0.25) is 0 Å². The van der Waals surface area contributed by atoms with Crippen molar-refractivity contribution >= 4 is 28.4 Å². The van der Waals surface area contributed by atoms with E-state index in [1.54, 1.807) is 44.4 Å². The van der Waals surface area contributed by atoms with Gasteiger partial charge in [0.15, 0.2) is 11.5 Å². The van der Waals surface area contributed by atoms with Gasteiger partial charge < -0.3 is 24.7 Å². The first-order chi connectivity index (χ1) is 18.2. The molecule has 7 heteroatoms. The zero-order valence-electron chi connectivity index (χ0n) is 22.8. The number of benzene rings is 3. The fourth-order valence-electron chi connectivity index (χ4n) is 4.88. The fraction of sp³-hybridized carbons (Fsp3) is 0.290. The van der Waals surface area contributed by atoms with Crippen molar-refractivity contribution in [2.45, 2.75) is 39.7 Å². The lowest BCUT2D eigenvalue weighted by Crippen LogP contribution is -2.49. The van der Waals surface area contributed by atoms with Gasteiger partial charge in [0.25, 0.3) is 0 Å². The van der Waals surface area contributed by atoms with E-state index >= 15 is 0 Å². The molecule has 0 radical (unpaired) electrons. The van der Waals surface area contributed by atoms with Crippen LogP contribution >= 0.6 is 0 Å². The number of nitrogens with one attached hydrogen (secondary N) is 2. The van der Waals surface area contributed by atoms with E-state index < -0.39 is 6.04 Å². The third kappa shape index (κ3) is 5.52. The van der Waals surface area contributed by atoms with Gasteiger partial charge in [0.2, 0.25) is 11.8 Å². The lowest BCUT2D eigenvalue weighted by atomic mass is 10.00. The second kappa shape index (κ2) is 11.4. The predicted molar refractivity (Wildman–Crippen MR) is 151 cm³/mol. The summed E-state index contributed by atoms with van der Waals surface area (Å²) in [6.45, 7) is 6.09. The van der Waals surface area contributed by atoms with E-state index in [1.807, 2.05) is 37.3 Å². The molecule has 3 aromatic carbocycles. The minimum absolute atomic E-state index is 0.175. The van der Waals surface area contributed by atoms with Gasteiger partial charge in [0.1, 0.15) is 6.04 Å². The number of anilines is 1. The second-order valence-corrected chi connectivity index (χ2v) is 9.60. The van der Waals surface area contributed by atoms with E-state index in [0.29, 0.717) is 23.6 Å². The third-order valence-electron chi connectivity index (χ3n) is 7.03. The summed E-state index contributed by atoms with van der Waals surface area (Å²) in [6, 6.07) is 18.4. The molecule has 0 aliphatic carbocycles. The highest BCUT2D eigenvalue weighted by molar-refractivity contribution is 6.00. The molecule has 38 heavy (non-hydrogen) atoms. The molecule has 198 valence electrons. The van der Waals surface area contributed by atoms with Crippen molar-refractivity contribution in [3.8, 4) is 11.5 Å². The summed E-state index contributed by atoms with van der Waals surface area (Å²) in [4.78, 5) is 32.2. The average molecular weight is 514 g/mol. The standard InChI is InChI=1S/C31H35N3O4/c1-19-12-13-20(2)30-29(19)24(21(3)32-30)18-28(35)33-25(16-22-10-8-7-9-11-22)31(36)34(4)23-14-15-26(37-5)27(17-23)38-6/h7-15,17,25,32H,16,18H2,1-6H3,(H,33,35)/t25-/m0/s1. The van der Waals surface area contributed by atoms with Gasteiger partial charge in [0.05, 0.1) is 20.6 Å². The van der Waals surface area contributed by atoms with Crippen molar-refractivity contribution in [2.75, 3.05) is 26.2 Å². The molecule has 7 nitrogen and oxygen atoms in total. The van der Waals surface area contributed by atoms with Crippen LogP contribution < -0.4 is 19.7 Å². The highest BCUT2D eigenvalue weighted by atomic mass is 16.5. The Labute approximate surface area is 223 Å².